The molecule has 1 aliphatic rings. The van der Waals surface area contributed by atoms with Gasteiger partial charge in [0.05, 0.1) is 30.0 Å². The number of hydrogen-bond acceptors (Lipinski definition) is 8. The number of nitrogens with two attached hydrogens (primary N) is 1. The number of ether oxygens (including phenoxy) is 2. The zero-order valence-corrected chi connectivity index (χ0v) is 19.6. The molecule has 1 aliphatic heterocycles. The Morgan fingerprint density at radius 3 is 2.75 bits per heavy atom. The maximum atomic E-state index is 13.3. The maximum Gasteiger partial charge on any atom is 0.418 e. The topological polar surface area (TPSA) is 115 Å². The Balaban J connectivity index is 1.72. The fourth-order valence-corrected chi connectivity index (χ4v) is 3.57. The molecule has 36 heavy (non-hydrogen) atoms. The van der Waals surface area contributed by atoms with Crippen LogP contribution in [0.2, 0.25) is 0 Å². The molecule has 3 aromatic rings. The van der Waals surface area contributed by atoms with Crippen molar-refractivity contribution in [1.29, 1.82) is 0 Å². The average molecular weight is 502 g/mol. The maximum absolute atomic E-state index is 13.3. The lowest BCUT2D eigenvalue weighted by Crippen LogP contribution is -2.18. The molecule has 1 atom stereocenters. The summed E-state index contributed by atoms with van der Waals surface area (Å²) >= 11 is 0. The molecule has 2 heterocycles. The Labute approximate surface area is 205 Å². The summed E-state index contributed by atoms with van der Waals surface area (Å²) in [7, 11) is 3.57. The first-order chi connectivity index (χ1) is 17.1. The molecule has 4 N–H and O–H groups in total. The van der Waals surface area contributed by atoms with Crippen molar-refractivity contribution in [2.75, 3.05) is 43.7 Å². The summed E-state index contributed by atoms with van der Waals surface area (Å²) in [6, 6.07) is 6.77. The average Bonchev–Trinajstić information content (AvgIpc) is 3.32. The second-order valence-electron chi connectivity index (χ2n) is 8.38. The number of carbonyl (C=O) groups is 1. The SMILES string of the molecule is CN(C)/C=C/C(=O)Nc1cc2c(Nc3ccc(N)c(C(F)(F)F)c3)ncnc2cc1OC1CCOC1. The van der Waals surface area contributed by atoms with Crippen LogP contribution in [0.4, 0.5) is 36.1 Å². The van der Waals surface area contributed by atoms with Crippen LogP contribution in [0.3, 0.4) is 0 Å². The molecule has 1 aromatic heterocycles. The summed E-state index contributed by atoms with van der Waals surface area (Å²) in [4.78, 5) is 22.7. The van der Waals surface area contributed by atoms with Crippen molar-refractivity contribution in [3.8, 4) is 5.75 Å². The van der Waals surface area contributed by atoms with E-state index in [2.05, 4.69) is 20.6 Å². The Bertz CT molecular complexity index is 1290. The van der Waals surface area contributed by atoms with Crippen LogP contribution >= 0.6 is 0 Å². The number of alkyl halides is 3. The summed E-state index contributed by atoms with van der Waals surface area (Å²) in [6.45, 7) is 0.991. The van der Waals surface area contributed by atoms with Crippen molar-refractivity contribution in [3.05, 3.63) is 54.5 Å². The number of carbonyl (C=O) groups excluding carboxylic acids is 1. The number of benzene rings is 2. The van der Waals surface area contributed by atoms with E-state index in [-0.39, 0.29) is 23.3 Å². The molecule has 0 spiro atoms. The minimum absolute atomic E-state index is 0.138. The van der Waals surface area contributed by atoms with Gasteiger partial charge in [-0.1, -0.05) is 0 Å². The molecule has 12 heteroatoms. The highest BCUT2D eigenvalue weighted by Crippen LogP contribution is 2.37. The van der Waals surface area contributed by atoms with E-state index >= 15 is 0 Å². The van der Waals surface area contributed by atoms with Crippen molar-refractivity contribution >= 4 is 39.7 Å². The lowest BCUT2D eigenvalue weighted by atomic mass is 10.1. The van der Waals surface area contributed by atoms with Crippen molar-refractivity contribution in [2.24, 2.45) is 0 Å². The van der Waals surface area contributed by atoms with Gasteiger partial charge in [0.2, 0.25) is 5.91 Å². The fraction of sp³-hybridized carbons (Fsp3) is 0.292. The van der Waals surface area contributed by atoms with Crippen LogP contribution in [0, 0.1) is 0 Å². The van der Waals surface area contributed by atoms with Gasteiger partial charge in [-0.3, -0.25) is 4.79 Å². The standard InChI is InChI=1S/C24H25F3N6O3/c1-33(2)7-5-22(34)32-20-10-16-19(11-21(20)36-15-6-8-35-12-15)29-13-30-23(16)31-14-3-4-18(28)17(9-14)24(25,26)27/h3-5,7,9-11,13,15H,6,8,12,28H2,1-2H3,(H,32,34)(H,29,30,31)/b7-5+. The first kappa shape index (κ1) is 25.0. The number of hydrogen-bond donors (Lipinski definition) is 3. The van der Waals surface area contributed by atoms with E-state index in [4.69, 9.17) is 15.2 Å². The normalized spacial score (nSPS) is 15.9. The summed E-state index contributed by atoms with van der Waals surface area (Å²) in [5.74, 6) is 0.240. The molecular formula is C24H25F3N6O3. The van der Waals surface area contributed by atoms with Crippen molar-refractivity contribution in [3.63, 3.8) is 0 Å². The molecule has 0 bridgehead atoms. The Hall–Kier alpha value is -4.06. The van der Waals surface area contributed by atoms with E-state index in [0.717, 1.165) is 6.07 Å². The second-order valence-corrected chi connectivity index (χ2v) is 8.38. The first-order valence-electron chi connectivity index (χ1n) is 11.0. The molecular weight excluding hydrogens is 477 g/mol. The Kier molecular flexibility index (Phi) is 7.15. The van der Waals surface area contributed by atoms with E-state index in [1.165, 1.54) is 24.5 Å². The number of rotatable bonds is 7. The van der Waals surface area contributed by atoms with Crippen LogP contribution in [-0.2, 0) is 15.7 Å². The summed E-state index contributed by atoms with van der Waals surface area (Å²) in [5, 5.41) is 6.15. The van der Waals surface area contributed by atoms with Crippen LogP contribution in [0.1, 0.15) is 12.0 Å². The highest BCUT2D eigenvalue weighted by atomic mass is 19.4. The van der Waals surface area contributed by atoms with Crippen LogP contribution in [0.15, 0.2) is 48.9 Å². The minimum atomic E-state index is -4.61. The molecule has 1 amide bonds. The third-order valence-electron chi connectivity index (χ3n) is 5.32. The van der Waals surface area contributed by atoms with Gasteiger partial charge in [0.25, 0.3) is 0 Å². The van der Waals surface area contributed by atoms with E-state index in [1.807, 2.05) is 0 Å². The molecule has 0 saturated carbocycles. The smallest absolute Gasteiger partial charge is 0.418 e. The zero-order valence-electron chi connectivity index (χ0n) is 19.6. The number of anilines is 4. The van der Waals surface area contributed by atoms with Gasteiger partial charge in [-0.2, -0.15) is 13.2 Å². The van der Waals surface area contributed by atoms with Crippen molar-refractivity contribution < 1.29 is 27.4 Å². The van der Waals surface area contributed by atoms with Crippen LogP contribution in [0.25, 0.3) is 10.9 Å². The van der Waals surface area contributed by atoms with Gasteiger partial charge in [-0.15, -0.1) is 0 Å². The van der Waals surface area contributed by atoms with Gasteiger partial charge in [-0.05, 0) is 24.3 Å². The third kappa shape index (κ3) is 5.95. The molecule has 1 fully saturated rings. The molecule has 4 rings (SSSR count). The van der Waals surface area contributed by atoms with Gasteiger partial charge in [0, 0.05) is 55.6 Å². The number of nitrogens with one attached hydrogen (secondary N) is 2. The van der Waals surface area contributed by atoms with Gasteiger partial charge in [0.15, 0.2) is 0 Å². The van der Waals surface area contributed by atoms with Crippen molar-refractivity contribution in [1.82, 2.24) is 14.9 Å². The molecule has 2 aromatic carbocycles. The van der Waals surface area contributed by atoms with Gasteiger partial charge >= 0.3 is 6.18 Å². The van der Waals surface area contributed by atoms with Gasteiger partial charge in [-0.25, -0.2) is 9.97 Å². The summed E-state index contributed by atoms with van der Waals surface area (Å²) in [5.41, 5.74) is 5.13. The number of amides is 1. The predicted molar refractivity (Wildman–Crippen MR) is 130 cm³/mol. The number of halogens is 3. The summed E-state index contributed by atoms with van der Waals surface area (Å²) < 4.78 is 51.4. The molecule has 1 saturated heterocycles. The second kappa shape index (κ2) is 10.3. The Morgan fingerprint density at radius 1 is 1.25 bits per heavy atom. The van der Waals surface area contributed by atoms with E-state index < -0.39 is 17.6 Å². The van der Waals surface area contributed by atoms with E-state index in [0.29, 0.717) is 42.0 Å². The largest absolute Gasteiger partial charge is 0.486 e. The zero-order chi connectivity index (χ0) is 25.9. The predicted octanol–water partition coefficient (Wildman–Crippen LogP) is 4.16. The number of nitrogen functional groups attached to an aromatic ring is 1. The van der Waals surface area contributed by atoms with Crippen LogP contribution < -0.4 is 21.1 Å². The number of fused-ring (bicyclic) bond motifs is 1. The Morgan fingerprint density at radius 2 is 2.06 bits per heavy atom. The summed E-state index contributed by atoms with van der Waals surface area (Å²) in [6.07, 6.45) is 0.139. The molecule has 0 aliphatic carbocycles. The van der Waals surface area contributed by atoms with E-state index in [9.17, 15) is 18.0 Å². The quantitative estimate of drug-likeness (QED) is 0.326. The minimum Gasteiger partial charge on any atom is -0.486 e. The van der Waals surface area contributed by atoms with E-state index in [1.54, 1.807) is 37.3 Å². The lowest BCUT2D eigenvalue weighted by molar-refractivity contribution is -0.136. The van der Waals surface area contributed by atoms with Gasteiger partial charge < -0.3 is 30.7 Å². The highest BCUT2D eigenvalue weighted by Gasteiger charge is 2.33. The molecule has 1 unspecified atom stereocenters. The number of nitrogens with zero attached hydrogens (tertiary/aromatic N) is 3. The van der Waals surface area contributed by atoms with Crippen LogP contribution in [-0.4, -0.2) is 54.2 Å². The van der Waals surface area contributed by atoms with Crippen molar-refractivity contribution in [2.45, 2.75) is 18.7 Å². The fourth-order valence-electron chi connectivity index (χ4n) is 3.57. The monoisotopic (exact) mass is 502 g/mol. The molecule has 0 radical (unpaired) electrons. The van der Waals surface area contributed by atoms with Gasteiger partial charge in [0.1, 0.15) is 24.0 Å². The lowest BCUT2D eigenvalue weighted by Gasteiger charge is -2.18. The molecule has 9 nitrogen and oxygen atoms in total. The van der Waals surface area contributed by atoms with Crippen LogP contribution in [0.5, 0.6) is 5.75 Å². The first-order valence-corrected chi connectivity index (χ1v) is 11.0. The number of aromatic nitrogens is 2. The third-order valence-corrected chi connectivity index (χ3v) is 5.32. The highest BCUT2D eigenvalue weighted by molar-refractivity contribution is 6.03. The molecule has 190 valence electrons.